The third-order valence-corrected chi connectivity index (χ3v) is 3.40. The van der Waals surface area contributed by atoms with Gasteiger partial charge in [0.1, 0.15) is 5.82 Å². The van der Waals surface area contributed by atoms with Crippen molar-refractivity contribution in [2.24, 2.45) is 0 Å². The van der Waals surface area contributed by atoms with Gasteiger partial charge in [0.25, 0.3) is 5.91 Å². The van der Waals surface area contributed by atoms with E-state index < -0.39 is 29.8 Å². The molecule has 5 nitrogen and oxygen atoms in total. The molecule has 2 N–H and O–H groups in total. The first-order valence-electron chi connectivity index (χ1n) is 7.49. The Balaban J connectivity index is 2.24. The van der Waals surface area contributed by atoms with Crippen LogP contribution in [0, 0.1) is 5.82 Å². The number of hydrogen-bond donors (Lipinski definition) is 2. The average molecular weight is 331 g/mol. The number of esters is 1. The number of benzene rings is 2. The first-order chi connectivity index (χ1) is 11.5. The Kier molecular flexibility index (Phi) is 6.03. The molecule has 0 aliphatic rings. The topological polar surface area (TPSA) is 75.6 Å². The normalized spacial score (nSPS) is 13.0. The first kappa shape index (κ1) is 17.6. The molecule has 0 saturated carbocycles. The summed E-state index contributed by atoms with van der Waals surface area (Å²) in [5.74, 6) is -1.82. The first-order valence-corrected chi connectivity index (χ1v) is 7.49. The predicted molar refractivity (Wildman–Crippen MR) is 85.7 cm³/mol. The fourth-order valence-corrected chi connectivity index (χ4v) is 2.19. The van der Waals surface area contributed by atoms with Crippen LogP contribution in [0.5, 0.6) is 0 Å². The zero-order chi connectivity index (χ0) is 17.5. The number of halogens is 1. The number of carbonyl (C=O) groups is 2. The zero-order valence-corrected chi connectivity index (χ0v) is 13.1. The number of rotatable bonds is 6. The number of carbonyl (C=O) groups excluding carboxylic acids is 2. The number of nitrogens with one attached hydrogen (secondary N) is 1. The number of ether oxygens (including phenoxy) is 1. The van der Waals surface area contributed by atoms with Crippen molar-refractivity contribution in [1.29, 1.82) is 0 Å². The summed E-state index contributed by atoms with van der Waals surface area (Å²) >= 11 is 0. The second kappa shape index (κ2) is 8.21. The van der Waals surface area contributed by atoms with Crippen molar-refractivity contribution < 1.29 is 23.8 Å². The smallest absolute Gasteiger partial charge is 0.337 e. The maximum Gasteiger partial charge on any atom is 0.337 e. The van der Waals surface area contributed by atoms with Crippen molar-refractivity contribution in [3.63, 3.8) is 0 Å². The van der Waals surface area contributed by atoms with Gasteiger partial charge in [-0.15, -0.1) is 0 Å². The minimum Gasteiger partial charge on any atom is -0.464 e. The van der Waals surface area contributed by atoms with Gasteiger partial charge in [0.05, 0.1) is 12.6 Å². The van der Waals surface area contributed by atoms with Crippen LogP contribution < -0.4 is 5.32 Å². The average Bonchev–Trinajstić information content (AvgIpc) is 2.60. The standard InChI is InChI=1S/C18H18FNO4/c1-2-24-18(23)16(21)15(12-6-4-3-5-7-12)20-17(22)13-8-10-14(19)11-9-13/h3-11,15-16,21H,2H2,1H3,(H,20,22)/t15-,16-/m0/s1. The fraction of sp³-hybridized carbons (Fsp3) is 0.222. The van der Waals surface area contributed by atoms with Gasteiger partial charge in [-0.1, -0.05) is 30.3 Å². The van der Waals surface area contributed by atoms with Crippen molar-refractivity contribution in [3.05, 3.63) is 71.5 Å². The van der Waals surface area contributed by atoms with E-state index in [1.54, 1.807) is 37.3 Å². The largest absolute Gasteiger partial charge is 0.464 e. The molecule has 2 rings (SSSR count). The van der Waals surface area contributed by atoms with Crippen LogP contribution in [0.1, 0.15) is 28.9 Å². The second-order valence-electron chi connectivity index (χ2n) is 5.07. The quantitative estimate of drug-likeness (QED) is 0.796. The Morgan fingerprint density at radius 3 is 2.33 bits per heavy atom. The molecule has 6 heteroatoms. The highest BCUT2D eigenvalue weighted by Gasteiger charge is 2.30. The number of aliphatic hydroxyl groups is 1. The molecule has 0 fully saturated rings. The van der Waals surface area contributed by atoms with E-state index in [2.05, 4.69) is 5.32 Å². The molecule has 0 aliphatic heterocycles. The molecule has 0 bridgehead atoms. The van der Waals surface area contributed by atoms with E-state index in [1.807, 2.05) is 0 Å². The minimum absolute atomic E-state index is 0.114. The fourth-order valence-electron chi connectivity index (χ4n) is 2.19. The molecule has 0 unspecified atom stereocenters. The van der Waals surface area contributed by atoms with E-state index in [0.29, 0.717) is 5.56 Å². The van der Waals surface area contributed by atoms with Gasteiger partial charge in [0.2, 0.25) is 0 Å². The highest BCUT2D eigenvalue weighted by Crippen LogP contribution is 2.19. The van der Waals surface area contributed by atoms with Gasteiger partial charge in [-0.05, 0) is 36.8 Å². The number of amides is 1. The Labute approximate surface area is 139 Å². The van der Waals surface area contributed by atoms with Crippen molar-refractivity contribution in [1.82, 2.24) is 5.32 Å². The van der Waals surface area contributed by atoms with Crippen LogP contribution >= 0.6 is 0 Å². The molecule has 0 aromatic heterocycles. The molecular weight excluding hydrogens is 313 g/mol. The molecule has 0 heterocycles. The zero-order valence-electron chi connectivity index (χ0n) is 13.1. The molecule has 0 aliphatic carbocycles. The van der Waals surface area contributed by atoms with E-state index in [9.17, 15) is 19.1 Å². The second-order valence-corrected chi connectivity index (χ2v) is 5.07. The highest BCUT2D eigenvalue weighted by molar-refractivity contribution is 5.94. The Morgan fingerprint density at radius 2 is 1.75 bits per heavy atom. The third kappa shape index (κ3) is 4.39. The van der Waals surface area contributed by atoms with Crippen LogP contribution in [0.25, 0.3) is 0 Å². The van der Waals surface area contributed by atoms with Crippen molar-refractivity contribution in [2.45, 2.75) is 19.1 Å². The molecule has 126 valence electrons. The summed E-state index contributed by atoms with van der Waals surface area (Å²) in [6.07, 6.45) is -1.56. The van der Waals surface area contributed by atoms with Gasteiger partial charge in [0, 0.05) is 5.56 Å². The van der Waals surface area contributed by atoms with Crippen molar-refractivity contribution >= 4 is 11.9 Å². The van der Waals surface area contributed by atoms with Gasteiger partial charge in [-0.2, -0.15) is 0 Å². The van der Waals surface area contributed by atoms with Crippen molar-refractivity contribution in [3.8, 4) is 0 Å². The summed E-state index contributed by atoms with van der Waals surface area (Å²) < 4.78 is 17.8. The van der Waals surface area contributed by atoms with Crippen LogP contribution in [-0.4, -0.2) is 29.7 Å². The summed E-state index contributed by atoms with van der Waals surface area (Å²) in [5, 5.41) is 12.8. The molecule has 0 radical (unpaired) electrons. The molecule has 1 amide bonds. The number of aliphatic hydroxyl groups excluding tert-OH is 1. The summed E-state index contributed by atoms with van der Waals surface area (Å²) in [6.45, 7) is 1.74. The van der Waals surface area contributed by atoms with Crippen LogP contribution in [0.2, 0.25) is 0 Å². The van der Waals surface area contributed by atoms with E-state index in [1.165, 1.54) is 12.1 Å². The lowest BCUT2D eigenvalue weighted by molar-refractivity contribution is -0.154. The van der Waals surface area contributed by atoms with Crippen molar-refractivity contribution in [2.75, 3.05) is 6.61 Å². The Bertz CT molecular complexity index is 688. The van der Waals surface area contributed by atoms with Gasteiger partial charge in [0.15, 0.2) is 6.10 Å². The molecule has 0 saturated heterocycles. The van der Waals surface area contributed by atoms with Gasteiger partial charge >= 0.3 is 5.97 Å². The van der Waals surface area contributed by atoms with Crippen LogP contribution in [0.3, 0.4) is 0 Å². The molecular formula is C18H18FNO4. The molecule has 2 aromatic rings. The van der Waals surface area contributed by atoms with Crippen LogP contribution in [-0.2, 0) is 9.53 Å². The lowest BCUT2D eigenvalue weighted by Gasteiger charge is -2.23. The van der Waals surface area contributed by atoms with E-state index >= 15 is 0 Å². The van der Waals surface area contributed by atoms with Gasteiger partial charge < -0.3 is 15.2 Å². The Morgan fingerprint density at radius 1 is 1.12 bits per heavy atom. The van der Waals surface area contributed by atoms with Gasteiger partial charge in [-0.3, -0.25) is 4.79 Å². The van der Waals surface area contributed by atoms with Gasteiger partial charge in [-0.25, -0.2) is 9.18 Å². The summed E-state index contributed by atoms with van der Waals surface area (Å²) in [4.78, 5) is 24.2. The molecule has 2 atom stereocenters. The lowest BCUT2D eigenvalue weighted by Crippen LogP contribution is -2.41. The third-order valence-electron chi connectivity index (χ3n) is 3.40. The summed E-state index contributed by atoms with van der Waals surface area (Å²) in [5.41, 5.74) is 0.766. The van der Waals surface area contributed by atoms with Crippen LogP contribution in [0.15, 0.2) is 54.6 Å². The lowest BCUT2D eigenvalue weighted by atomic mass is 10.0. The number of hydrogen-bond acceptors (Lipinski definition) is 4. The maximum atomic E-state index is 13.0. The van der Waals surface area contributed by atoms with Crippen LogP contribution in [0.4, 0.5) is 4.39 Å². The van der Waals surface area contributed by atoms with E-state index in [0.717, 1.165) is 12.1 Å². The summed E-state index contributed by atoms with van der Waals surface area (Å²) in [6, 6.07) is 12.6. The highest BCUT2D eigenvalue weighted by atomic mass is 19.1. The molecule has 24 heavy (non-hydrogen) atoms. The van der Waals surface area contributed by atoms with E-state index in [-0.39, 0.29) is 12.2 Å². The molecule has 0 spiro atoms. The van der Waals surface area contributed by atoms with E-state index in [4.69, 9.17) is 4.74 Å². The Hall–Kier alpha value is -2.73. The SMILES string of the molecule is CCOC(=O)[C@@H](O)[C@@H](NC(=O)c1ccc(F)cc1)c1ccccc1. The monoisotopic (exact) mass is 331 g/mol. The minimum atomic E-state index is -1.56. The predicted octanol–water partition coefficient (Wildman–Crippen LogP) is 2.22. The maximum absolute atomic E-state index is 13.0. The summed E-state index contributed by atoms with van der Waals surface area (Å²) in [7, 11) is 0. The molecule has 2 aromatic carbocycles.